The first-order chi connectivity index (χ1) is 23.8. The Kier molecular flexibility index (Phi) is 11.6. The normalized spacial score (nSPS) is 12.3. The molecule has 0 aliphatic heterocycles. The average molecular weight is 766 g/mol. The molecule has 6 aromatic heterocycles. The molecule has 6 heterocycles. The number of thioether (sulfide) groups is 1. The van der Waals surface area contributed by atoms with E-state index in [1.165, 1.54) is 17.8 Å². The van der Waals surface area contributed by atoms with Gasteiger partial charge in [0.15, 0.2) is 27.7 Å². The molecule has 0 bridgehead atoms. The number of aromatic nitrogens is 7. The highest BCUT2D eigenvalue weighted by molar-refractivity contribution is 7.99. The van der Waals surface area contributed by atoms with E-state index in [1.807, 2.05) is 0 Å². The topological polar surface area (TPSA) is 130 Å². The van der Waals surface area contributed by atoms with Gasteiger partial charge in [0.2, 0.25) is 5.71 Å². The lowest BCUT2D eigenvalue weighted by atomic mass is 10.2. The Morgan fingerprint density at radius 1 is 0.784 bits per heavy atom. The molecule has 272 valence electrons. The molecular weight excluding hydrogens is 741 g/mol. The summed E-state index contributed by atoms with van der Waals surface area (Å²) >= 11 is 1.14. The standard InChI is InChI=1S/C16H12F6N4S.C7H3F3N2O.C7H9NO2S/c1-3-27-11-5-9(16(20,21)22)6-23-12(11)14-25-10-4-8(15(17,18)19)7-24-13(10)26(14)2;8-7(9,10)4-1-5-6(11-2-4)13-3-12-5;1-2-11(9,10)7-4-3-5-8-6-7/h4-7H,3H2,1-2H3;1-3H;3-6H,2H2,1H3. The maximum atomic E-state index is 13.0. The third kappa shape index (κ3) is 9.51. The van der Waals surface area contributed by atoms with Gasteiger partial charge >= 0.3 is 18.5 Å². The van der Waals surface area contributed by atoms with Gasteiger partial charge in [-0.25, -0.2) is 28.4 Å². The molecule has 0 aliphatic carbocycles. The molecule has 0 saturated heterocycles. The SMILES string of the molecule is CCS(=O)(=O)c1cccnc1.CCSc1cc(C(F)(F)F)cnc1-c1nc2cc(C(F)(F)F)cnc2n1C.FC(F)(F)c1cnc2ocnc2c1. The Morgan fingerprint density at radius 2 is 1.37 bits per heavy atom. The Hall–Kier alpha value is -4.79. The highest BCUT2D eigenvalue weighted by atomic mass is 32.2. The minimum Gasteiger partial charge on any atom is -0.425 e. The van der Waals surface area contributed by atoms with Crippen molar-refractivity contribution >= 4 is 44.0 Å². The number of sulfone groups is 1. The van der Waals surface area contributed by atoms with E-state index < -0.39 is 45.1 Å². The van der Waals surface area contributed by atoms with E-state index in [4.69, 9.17) is 4.42 Å². The molecule has 0 N–H and O–H groups in total. The third-order valence-corrected chi connectivity index (χ3v) is 9.25. The second kappa shape index (κ2) is 15.2. The summed E-state index contributed by atoms with van der Waals surface area (Å²) in [5.74, 6) is 0.747. The van der Waals surface area contributed by atoms with Gasteiger partial charge in [-0.2, -0.15) is 39.5 Å². The zero-order valence-electron chi connectivity index (χ0n) is 26.3. The number of hydrogen-bond donors (Lipinski definition) is 0. The predicted octanol–water partition coefficient (Wildman–Crippen LogP) is 8.30. The van der Waals surface area contributed by atoms with Crippen LogP contribution in [0, 0.1) is 0 Å². The van der Waals surface area contributed by atoms with E-state index in [9.17, 15) is 47.9 Å². The summed E-state index contributed by atoms with van der Waals surface area (Å²) in [6.45, 7) is 3.38. The molecule has 0 atom stereocenters. The van der Waals surface area contributed by atoms with Crippen molar-refractivity contribution in [1.82, 2.24) is 34.5 Å². The van der Waals surface area contributed by atoms with Crippen LogP contribution < -0.4 is 0 Å². The van der Waals surface area contributed by atoms with Crippen LogP contribution in [-0.4, -0.2) is 54.4 Å². The second-order valence-electron chi connectivity index (χ2n) is 10.1. The van der Waals surface area contributed by atoms with E-state index >= 15 is 0 Å². The molecular formula is C30H24F9N7O3S2. The smallest absolute Gasteiger partial charge is 0.417 e. The fraction of sp³-hybridized carbons (Fsp3) is 0.267. The summed E-state index contributed by atoms with van der Waals surface area (Å²) in [4.78, 5) is 23.1. The summed E-state index contributed by atoms with van der Waals surface area (Å²) in [7, 11) is -1.54. The summed E-state index contributed by atoms with van der Waals surface area (Å²) in [5, 5.41) is 0. The Labute approximate surface area is 287 Å². The van der Waals surface area contributed by atoms with Crippen LogP contribution >= 0.6 is 11.8 Å². The first-order valence-corrected chi connectivity index (χ1v) is 16.9. The average Bonchev–Trinajstić information content (AvgIpc) is 3.68. The molecule has 0 aliphatic rings. The van der Waals surface area contributed by atoms with Crippen molar-refractivity contribution in [1.29, 1.82) is 0 Å². The fourth-order valence-corrected chi connectivity index (χ4v) is 5.73. The third-order valence-electron chi connectivity index (χ3n) is 6.62. The van der Waals surface area contributed by atoms with Crippen molar-refractivity contribution in [3.8, 4) is 11.5 Å². The van der Waals surface area contributed by atoms with E-state index in [0.717, 1.165) is 36.4 Å². The summed E-state index contributed by atoms with van der Waals surface area (Å²) in [5.41, 5.74) is -2.16. The van der Waals surface area contributed by atoms with Gasteiger partial charge in [-0.3, -0.25) is 9.97 Å². The number of nitrogens with zero attached hydrogens (tertiary/aromatic N) is 7. The van der Waals surface area contributed by atoms with E-state index in [-0.39, 0.29) is 44.6 Å². The Bertz CT molecular complexity index is 2220. The van der Waals surface area contributed by atoms with Crippen LogP contribution in [0.4, 0.5) is 39.5 Å². The fourth-order valence-electron chi connectivity index (χ4n) is 4.09. The molecule has 51 heavy (non-hydrogen) atoms. The number of rotatable bonds is 5. The Morgan fingerprint density at radius 3 is 1.94 bits per heavy atom. The van der Waals surface area contributed by atoms with Gasteiger partial charge in [0, 0.05) is 42.9 Å². The van der Waals surface area contributed by atoms with Gasteiger partial charge in [0.05, 0.1) is 27.3 Å². The Balaban J connectivity index is 0.000000200. The van der Waals surface area contributed by atoms with Crippen LogP contribution in [0.3, 0.4) is 0 Å². The van der Waals surface area contributed by atoms with Crippen LogP contribution in [-0.2, 0) is 35.4 Å². The van der Waals surface area contributed by atoms with Crippen LogP contribution in [0.5, 0.6) is 0 Å². The van der Waals surface area contributed by atoms with Gasteiger partial charge in [-0.05, 0) is 36.1 Å². The molecule has 21 heteroatoms. The minimum atomic E-state index is -4.57. The predicted molar refractivity (Wildman–Crippen MR) is 167 cm³/mol. The van der Waals surface area contributed by atoms with Gasteiger partial charge in [-0.1, -0.05) is 13.8 Å². The van der Waals surface area contributed by atoms with Gasteiger partial charge in [0.25, 0.3) is 0 Å². The van der Waals surface area contributed by atoms with Crippen LogP contribution in [0.1, 0.15) is 30.5 Å². The number of imidazole rings is 1. The first-order valence-electron chi connectivity index (χ1n) is 14.3. The van der Waals surface area contributed by atoms with Crippen LogP contribution in [0.2, 0.25) is 0 Å². The lowest BCUT2D eigenvalue weighted by Crippen LogP contribution is -2.07. The van der Waals surface area contributed by atoms with Gasteiger partial charge in [-0.15, -0.1) is 11.8 Å². The maximum absolute atomic E-state index is 13.0. The number of oxazole rings is 1. The number of fused-ring (bicyclic) bond motifs is 2. The largest absolute Gasteiger partial charge is 0.425 e. The lowest BCUT2D eigenvalue weighted by Gasteiger charge is -2.11. The second-order valence-corrected chi connectivity index (χ2v) is 13.6. The molecule has 0 unspecified atom stereocenters. The molecule has 0 fully saturated rings. The number of halogens is 9. The van der Waals surface area contributed by atoms with E-state index in [0.29, 0.717) is 29.2 Å². The highest BCUT2D eigenvalue weighted by Gasteiger charge is 2.34. The molecule has 0 saturated carbocycles. The number of alkyl halides is 9. The highest BCUT2D eigenvalue weighted by Crippen LogP contribution is 2.37. The zero-order chi connectivity index (χ0) is 37.8. The summed E-state index contributed by atoms with van der Waals surface area (Å²) in [6, 6.07) is 5.87. The van der Waals surface area contributed by atoms with Crippen molar-refractivity contribution < 1.29 is 52.3 Å². The molecule has 10 nitrogen and oxygen atoms in total. The summed E-state index contributed by atoms with van der Waals surface area (Å²) < 4.78 is 142. The summed E-state index contributed by atoms with van der Waals surface area (Å²) in [6.07, 6.45) is -7.46. The maximum Gasteiger partial charge on any atom is 0.417 e. The first kappa shape index (κ1) is 39.0. The molecule has 6 aromatic rings. The molecule has 6 rings (SSSR count). The van der Waals surface area contributed by atoms with E-state index in [2.05, 4.69) is 29.9 Å². The van der Waals surface area contributed by atoms with Crippen molar-refractivity contribution in [3.05, 3.63) is 84.4 Å². The monoisotopic (exact) mass is 765 g/mol. The zero-order valence-corrected chi connectivity index (χ0v) is 28.0. The number of aryl methyl sites for hydroxylation is 1. The molecule has 0 spiro atoms. The number of hydrogen-bond acceptors (Lipinski definition) is 10. The van der Waals surface area contributed by atoms with E-state index in [1.54, 1.807) is 32.2 Å². The number of pyridine rings is 4. The van der Waals surface area contributed by atoms with Crippen molar-refractivity contribution in [2.75, 3.05) is 11.5 Å². The molecule has 0 amide bonds. The molecule has 0 aromatic carbocycles. The van der Waals surface area contributed by atoms with Gasteiger partial charge in [0.1, 0.15) is 16.7 Å². The van der Waals surface area contributed by atoms with Crippen LogP contribution in [0.15, 0.2) is 81.9 Å². The lowest BCUT2D eigenvalue weighted by molar-refractivity contribution is -0.138. The van der Waals surface area contributed by atoms with Gasteiger partial charge < -0.3 is 8.98 Å². The minimum absolute atomic E-state index is 0.0172. The van der Waals surface area contributed by atoms with Crippen molar-refractivity contribution in [2.45, 2.75) is 42.2 Å². The van der Waals surface area contributed by atoms with Crippen molar-refractivity contribution in [2.24, 2.45) is 7.05 Å². The quantitative estimate of drug-likeness (QED) is 0.125. The molecule has 0 radical (unpaired) electrons. The van der Waals surface area contributed by atoms with Crippen molar-refractivity contribution in [3.63, 3.8) is 0 Å². The van der Waals surface area contributed by atoms with Crippen LogP contribution in [0.25, 0.3) is 33.9 Å².